The maximum atomic E-state index is 10.7. The van der Waals surface area contributed by atoms with E-state index in [0.717, 1.165) is 25.3 Å². The van der Waals surface area contributed by atoms with E-state index in [9.17, 15) is 9.90 Å². The number of esters is 1. The first-order chi connectivity index (χ1) is 8.06. The van der Waals surface area contributed by atoms with Crippen LogP contribution in [0.4, 0.5) is 0 Å². The van der Waals surface area contributed by atoms with E-state index in [4.69, 9.17) is 9.47 Å². The van der Waals surface area contributed by atoms with E-state index in [2.05, 4.69) is 20.4 Å². The van der Waals surface area contributed by atoms with Gasteiger partial charge in [-0.2, -0.15) is 0 Å². The molecule has 1 atom stereocenters. The average molecular weight is 244 g/mol. The van der Waals surface area contributed by atoms with Crippen LogP contribution in [-0.4, -0.2) is 37.0 Å². The Bertz CT molecular complexity index is 213. The number of aliphatic hydroxyl groups is 1. The number of hydrogen-bond acceptors (Lipinski definition) is 4. The van der Waals surface area contributed by atoms with E-state index in [-0.39, 0.29) is 6.10 Å². The van der Waals surface area contributed by atoms with Crippen molar-refractivity contribution in [3.05, 3.63) is 12.7 Å². The van der Waals surface area contributed by atoms with Gasteiger partial charge in [-0.15, -0.1) is 0 Å². The largest absolute Gasteiger partial charge is 0.463 e. The fraction of sp³-hybridized carbons (Fsp3) is 0.769. The van der Waals surface area contributed by atoms with Crippen molar-refractivity contribution in [1.29, 1.82) is 0 Å². The first-order valence-corrected chi connectivity index (χ1v) is 6.11. The molecule has 1 N–H and O–H groups in total. The van der Waals surface area contributed by atoms with Crippen LogP contribution in [0.3, 0.4) is 0 Å². The van der Waals surface area contributed by atoms with Crippen LogP contribution in [-0.2, 0) is 14.3 Å². The lowest BCUT2D eigenvalue weighted by atomic mass is 10.1. The molecule has 0 aliphatic heterocycles. The fourth-order valence-electron chi connectivity index (χ4n) is 1.37. The zero-order valence-electron chi connectivity index (χ0n) is 10.9. The van der Waals surface area contributed by atoms with Crippen molar-refractivity contribution in [2.75, 3.05) is 19.8 Å². The minimum Gasteiger partial charge on any atom is -0.463 e. The molecule has 0 aliphatic carbocycles. The maximum Gasteiger partial charge on any atom is 0.330 e. The molecule has 0 amide bonds. The monoisotopic (exact) mass is 244 g/mol. The molecule has 0 aromatic carbocycles. The van der Waals surface area contributed by atoms with Gasteiger partial charge >= 0.3 is 5.97 Å². The van der Waals surface area contributed by atoms with Gasteiger partial charge in [0.1, 0.15) is 0 Å². The third-order valence-corrected chi connectivity index (χ3v) is 2.15. The van der Waals surface area contributed by atoms with E-state index in [1.165, 1.54) is 0 Å². The minimum atomic E-state index is -0.390. The van der Waals surface area contributed by atoms with Gasteiger partial charge in [-0.05, 0) is 25.2 Å². The van der Waals surface area contributed by atoms with Gasteiger partial charge in [-0.25, -0.2) is 4.79 Å². The van der Waals surface area contributed by atoms with Crippen LogP contribution in [0.2, 0.25) is 0 Å². The number of aliphatic hydroxyl groups excluding tert-OH is 1. The molecule has 4 heteroatoms. The number of carbonyl (C=O) groups excluding carboxylic acids is 1. The van der Waals surface area contributed by atoms with Crippen molar-refractivity contribution in [2.45, 2.75) is 39.2 Å². The van der Waals surface area contributed by atoms with E-state index >= 15 is 0 Å². The highest BCUT2D eigenvalue weighted by molar-refractivity contribution is 5.81. The zero-order valence-corrected chi connectivity index (χ0v) is 10.9. The molecule has 0 saturated heterocycles. The molecule has 0 heterocycles. The Labute approximate surface area is 104 Å². The molecule has 4 nitrogen and oxygen atoms in total. The second-order valence-electron chi connectivity index (χ2n) is 4.44. The molecule has 0 aromatic heterocycles. The van der Waals surface area contributed by atoms with Gasteiger partial charge in [0, 0.05) is 12.7 Å². The SMILES string of the molecule is C=CC(=O)OCCCCOCC(O)CC(C)C. The van der Waals surface area contributed by atoms with E-state index in [1.54, 1.807) is 0 Å². The van der Waals surface area contributed by atoms with Gasteiger partial charge in [0.25, 0.3) is 0 Å². The molecule has 1 unspecified atom stereocenters. The van der Waals surface area contributed by atoms with E-state index < -0.39 is 5.97 Å². The van der Waals surface area contributed by atoms with E-state index in [0.29, 0.717) is 25.7 Å². The lowest BCUT2D eigenvalue weighted by Gasteiger charge is -2.13. The van der Waals surface area contributed by atoms with Gasteiger partial charge in [0.05, 0.1) is 19.3 Å². The van der Waals surface area contributed by atoms with Crippen LogP contribution < -0.4 is 0 Å². The first kappa shape index (κ1) is 16.1. The van der Waals surface area contributed by atoms with Gasteiger partial charge in [-0.3, -0.25) is 0 Å². The van der Waals surface area contributed by atoms with Crippen molar-refractivity contribution in [2.24, 2.45) is 5.92 Å². The lowest BCUT2D eigenvalue weighted by Crippen LogP contribution is -2.18. The zero-order chi connectivity index (χ0) is 13.1. The minimum absolute atomic E-state index is 0.380. The van der Waals surface area contributed by atoms with Crippen molar-refractivity contribution >= 4 is 5.97 Å². The van der Waals surface area contributed by atoms with Crippen molar-refractivity contribution in [3.8, 4) is 0 Å². The summed E-state index contributed by atoms with van der Waals surface area (Å²) in [5.74, 6) is 0.0881. The van der Waals surface area contributed by atoms with Gasteiger partial charge in [0.2, 0.25) is 0 Å². The van der Waals surface area contributed by atoms with Crippen molar-refractivity contribution < 1.29 is 19.4 Å². The Balaban J connectivity index is 3.23. The second-order valence-corrected chi connectivity index (χ2v) is 4.44. The molecule has 0 aliphatic rings. The molecule has 0 rings (SSSR count). The summed E-state index contributed by atoms with van der Waals surface area (Å²) >= 11 is 0. The van der Waals surface area contributed by atoms with Crippen LogP contribution >= 0.6 is 0 Å². The van der Waals surface area contributed by atoms with Gasteiger partial charge in [-0.1, -0.05) is 20.4 Å². The number of rotatable bonds is 10. The van der Waals surface area contributed by atoms with Crippen LogP contribution in [0.15, 0.2) is 12.7 Å². The summed E-state index contributed by atoms with van der Waals surface area (Å²) in [5, 5.41) is 9.52. The molecular formula is C13H24O4. The summed E-state index contributed by atoms with van der Waals surface area (Å²) in [6.45, 7) is 8.79. The van der Waals surface area contributed by atoms with Crippen LogP contribution in [0.5, 0.6) is 0 Å². The summed E-state index contributed by atoms with van der Waals surface area (Å²) < 4.78 is 10.1. The summed E-state index contributed by atoms with van der Waals surface area (Å²) in [6, 6.07) is 0. The molecule has 0 bridgehead atoms. The molecule has 0 fully saturated rings. The molecular weight excluding hydrogens is 220 g/mol. The second kappa shape index (κ2) is 10.3. The number of ether oxygens (including phenoxy) is 2. The highest BCUT2D eigenvalue weighted by atomic mass is 16.5. The maximum absolute atomic E-state index is 10.7. The molecule has 17 heavy (non-hydrogen) atoms. The van der Waals surface area contributed by atoms with Gasteiger partial charge < -0.3 is 14.6 Å². The summed E-state index contributed by atoms with van der Waals surface area (Å²) in [5.41, 5.74) is 0. The molecule has 0 spiro atoms. The quantitative estimate of drug-likeness (QED) is 0.362. The van der Waals surface area contributed by atoms with E-state index in [1.807, 2.05) is 0 Å². The lowest BCUT2D eigenvalue weighted by molar-refractivity contribution is -0.137. The Morgan fingerprint density at radius 1 is 1.35 bits per heavy atom. The van der Waals surface area contributed by atoms with Crippen molar-refractivity contribution in [3.63, 3.8) is 0 Å². The molecule has 0 radical (unpaired) electrons. The third-order valence-electron chi connectivity index (χ3n) is 2.15. The molecule has 100 valence electrons. The average Bonchev–Trinajstić information content (AvgIpc) is 2.26. The smallest absolute Gasteiger partial charge is 0.330 e. The Morgan fingerprint density at radius 3 is 2.59 bits per heavy atom. The highest BCUT2D eigenvalue weighted by Crippen LogP contribution is 2.04. The number of hydrogen-bond donors (Lipinski definition) is 1. The number of carbonyl (C=O) groups is 1. The normalized spacial score (nSPS) is 12.5. The molecule has 0 aromatic rings. The topological polar surface area (TPSA) is 55.8 Å². The highest BCUT2D eigenvalue weighted by Gasteiger charge is 2.06. The first-order valence-electron chi connectivity index (χ1n) is 6.11. The fourth-order valence-corrected chi connectivity index (χ4v) is 1.37. The summed E-state index contributed by atoms with van der Waals surface area (Å²) in [7, 11) is 0. The van der Waals surface area contributed by atoms with Crippen LogP contribution in [0.25, 0.3) is 0 Å². The van der Waals surface area contributed by atoms with Gasteiger partial charge in [0.15, 0.2) is 0 Å². The summed E-state index contributed by atoms with van der Waals surface area (Å²) in [4.78, 5) is 10.7. The van der Waals surface area contributed by atoms with Crippen molar-refractivity contribution in [1.82, 2.24) is 0 Å². The number of unbranched alkanes of at least 4 members (excludes halogenated alkanes) is 1. The third kappa shape index (κ3) is 11.4. The predicted molar refractivity (Wildman–Crippen MR) is 66.7 cm³/mol. The molecule has 0 saturated carbocycles. The van der Waals surface area contributed by atoms with Crippen LogP contribution in [0, 0.1) is 5.92 Å². The summed E-state index contributed by atoms with van der Waals surface area (Å²) in [6.07, 6.45) is 3.11. The Morgan fingerprint density at radius 2 is 2.00 bits per heavy atom. The standard InChI is InChI=1S/C13H24O4/c1-4-13(15)17-8-6-5-7-16-10-12(14)9-11(2)3/h4,11-12,14H,1,5-10H2,2-3H3. The Kier molecular flexibility index (Phi) is 9.77. The predicted octanol–water partition coefficient (Wildman–Crippen LogP) is 1.92. The Hall–Kier alpha value is -0.870. The van der Waals surface area contributed by atoms with Crippen LogP contribution in [0.1, 0.15) is 33.1 Å².